The quantitative estimate of drug-likeness (QED) is 0.574. The van der Waals surface area contributed by atoms with E-state index in [1.54, 1.807) is 46.2 Å². The molecule has 3 amide bonds. The number of carbonyl (C=O) groups is 3. The fourth-order valence-electron chi connectivity index (χ4n) is 4.64. The molecular weight excluding hydrogens is 478 g/mol. The van der Waals surface area contributed by atoms with E-state index in [1.165, 1.54) is 0 Å². The average Bonchev–Trinajstić information content (AvgIpc) is 2.90. The van der Waals surface area contributed by atoms with E-state index >= 15 is 0 Å². The van der Waals surface area contributed by atoms with Crippen LogP contribution in [0.15, 0.2) is 72.8 Å². The molecule has 1 N–H and O–H groups in total. The maximum Gasteiger partial charge on any atom is 0.253 e. The second-order valence-electron chi connectivity index (χ2n) is 8.95. The highest BCUT2D eigenvalue weighted by Crippen LogP contribution is 2.26. The van der Waals surface area contributed by atoms with E-state index < -0.39 is 6.04 Å². The maximum atomic E-state index is 13.4. The number of amides is 3. The van der Waals surface area contributed by atoms with Crippen molar-refractivity contribution in [1.82, 2.24) is 4.90 Å². The standard InChI is InChI=1S/C28H26ClN3O4/c29-22-7-5-19(6-8-22)15-26(33)32-17-21-4-2-1-3-20(21)16-25(32)28(35)30-23-9-11-24(12-10-23)31-13-14-36-18-27(31)34/h1-12,25H,13-18H2,(H,30,35)/t25-/m1/s1. The first kappa shape index (κ1) is 24.0. The van der Waals surface area contributed by atoms with Crippen molar-refractivity contribution in [2.24, 2.45) is 0 Å². The first-order chi connectivity index (χ1) is 17.5. The Morgan fingerprint density at radius 1 is 0.972 bits per heavy atom. The average molecular weight is 504 g/mol. The van der Waals surface area contributed by atoms with E-state index in [0.717, 1.165) is 22.4 Å². The predicted octanol–water partition coefficient (Wildman–Crippen LogP) is 3.84. The van der Waals surface area contributed by atoms with Crippen LogP contribution in [0.3, 0.4) is 0 Å². The first-order valence-electron chi connectivity index (χ1n) is 11.9. The van der Waals surface area contributed by atoms with Gasteiger partial charge in [0, 0.05) is 35.9 Å². The third-order valence-corrected chi connectivity index (χ3v) is 6.82. The van der Waals surface area contributed by atoms with Crippen molar-refractivity contribution < 1.29 is 19.1 Å². The first-order valence-corrected chi connectivity index (χ1v) is 12.3. The van der Waals surface area contributed by atoms with Gasteiger partial charge in [0.05, 0.1) is 13.0 Å². The molecule has 0 aliphatic carbocycles. The molecule has 1 fully saturated rings. The fourth-order valence-corrected chi connectivity index (χ4v) is 4.77. The van der Waals surface area contributed by atoms with Crippen LogP contribution in [0.2, 0.25) is 5.02 Å². The number of rotatable bonds is 5. The van der Waals surface area contributed by atoms with Gasteiger partial charge in [0.25, 0.3) is 5.91 Å². The van der Waals surface area contributed by atoms with Gasteiger partial charge in [0.15, 0.2) is 0 Å². The van der Waals surface area contributed by atoms with Gasteiger partial charge in [-0.2, -0.15) is 0 Å². The zero-order valence-corrected chi connectivity index (χ0v) is 20.4. The molecule has 2 aliphatic rings. The Morgan fingerprint density at radius 3 is 2.42 bits per heavy atom. The molecular formula is C28H26ClN3O4. The van der Waals surface area contributed by atoms with Crippen molar-refractivity contribution in [1.29, 1.82) is 0 Å². The van der Waals surface area contributed by atoms with Crippen LogP contribution in [0.25, 0.3) is 0 Å². The number of anilines is 2. The number of fused-ring (bicyclic) bond motifs is 1. The number of ether oxygens (including phenoxy) is 1. The van der Waals surface area contributed by atoms with Gasteiger partial charge in [0.1, 0.15) is 12.6 Å². The monoisotopic (exact) mass is 503 g/mol. The third-order valence-electron chi connectivity index (χ3n) is 6.57. The van der Waals surface area contributed by atoms with Gasteiger partial charge >= 0.3 is 0 Å². The second-order valence-corrected chi connectivity index (χ2v) is 9.38. The molecule has 184 valence electrons. The van der Waals surface area contributed by atoms with Crippen molar-refractivity contribution in [3.8, 4) is 0 Å². The van der Waals surface area contributed by atoms with E-state index in [9.17, 15) is 14.4 Å². The number of morpholine rings is 1. The normalized spacial score (nSPS) is 17.5. The lowest BCUT2D eigenvalue weighted by Gasteiger charge is -2.36. The number of nitrogens with zero attached hydrogens (tertiary/aromatic N) is 2. The van der Waals surface area contributed by atoms with Crippen LogP contribution in [0.1, 0.15) is 16.7 Å². The number of carbonyl (C=O) groups excluding carboxylic acids is 3. The van der Waals surface area contributed by atoms with E-state index in [1.807, 2.05) is 36.4 Å². The summed E-state index contributed by atoms with van der Waals surface area (Å²) >= 11 is 5.98. The zero-order valence-electron chi connectivity index (χ0n) is 19.7. The largest absolute Gasteiger partial charge is 0.370 e. The van der Waals surface area contributed by atoms with E-state index in [0.29, 0.717) is 36.8 Å². The van der Waals surface area contributed by atoms with Gasteiger partial charge in [0.2, 0.25) is 11.8 Å². The lowest BCUT2D eigenvalue weighted by Crippen LogP contribution is -2.51. The molecule has 2 heterocycles. The molecule has 0 saturated carbocycles. The molecule has 0 unspecified atom stereocenters. The summed E-state index contributed by atoms with van der Waals surface area (Å²) in [6, 6.07) is 21.6. The summed E-state index contributed by atoms with van der Waals surface area (Å²) in [6.07, 6.45) is 0.625. The Labute approximate surface area is 214 Å². The van der Waals surface area contributed by atoms with Crippen LogP contribution in [0.5, 0.6) is 0 Å². The topological polar surface area (TPSA) is 79.0 Å². The number of halogens is 1. The zero-order chi connectivity index (χ0) is 25.1. The minimum absolute atomic E-state index is 0.0710. The summed E-state index contributed by atoms with van der Waals surface area (Å²) in [5.41, 5.74) is 4.32. The van der Waals surface area contributed by atoms with Crippen molar-refractivity contribution in [3.63, 3.8) is 0 Å². The van der Waals surface area contributed by atoms with E-state index in [4.69, 9.17) is 16.3 Å². The Hall–Kier alpha value is -3.68. The Kier molecular flexibility index (Phi) is 7.02. The molecule has 0 radical (unpaired) electrons. The molecule has 5 rings (SSSR count). The van der Waals surface area contributed by atoms with Crippen LogP contribution >= 0.6 is 11.6 Å². The molecule has 3 aromatic carbocycles. The number of hydrogen-bond donors (Lipinski definition) is 1. The van der Waals surface area contributed by atoms with Gasteiger partial charge in [-0.15, -0.1) is 0 Å². The summed E-state index contributed by atoms with van der Waals surface area (Å²) in [4.78, 5) is 42.2. The van der Waals surface area contributed by atoms with Gasteiger partial charge in [-0.3, -0.25) is 14.4 Å². The van der Waals surface area contributed by atoms with Crippen molar-refractivity contribution in [2.45, 2.75) is 25.4 Å². The van der Waals surface area contributed by atoms with Crippen LogP contribution in [0.4, 0.5) is 11.4 Å². The van der Waals surface area contributed by atoms with Crippen molar-refractivity contribution in [2.75, 3.05) is 30.0 Å². The molecule has 0 spiro atoms. The third kappa shape index (κ3) is 5.27. The molecule has 36 heavy (non-hydrogen) atoms. The number of hydrogen-bond acceptors (Lipinski definition) is 4. The molecule has 0 bridgehead atoms. The van der Waals surface area contributed by atoms with Gasteiger partial charge in [-0.25, -0.2) is 0 Å². The lowest BCUT2D eigenvalue weighted by molar-refractivity contribution is -0.139. The highest BCUT2D eigenvalue weighted by molar-refractivity contribution is 6.30. The minimum atomic E-state index is -0.639. The summed E-state index contributed by atoms with van der Waals surface area (Å²) in [5.74, 6) is -0.453. The van der Waals surface area contributed by atoms with Gasteiger partial charge < -0.3 is 19.9 Å². The van der Waals surface area contributed by atoms with Crippen LogP contribution in [-0.2, 0) is 38.5 Å². The Morgan fingerprint density at radius 2 is 1.69 bits per heavy atom. The smallest absolute Gasteiger partial charge is 0.253 e. The van der Waals surface area contributed by atoms with Crippen LogP contribution < -0.4 is 10.2 Å². The molecule has 7 nitrogen and oxygen atoms in total. The summed E-state index contributed by atoms with van der Waals surface area (Å²) in [7, 11) is 0. The second kappa shape index (κ2) is 10.5. The van der Waals surface area contributed by atoms with Crippen LogP contribution in [-0.4, -0.2) is 48.4 Å². The minimum Gasteiger partial charge on any atom is -0.370 e. The van der Waals surface area contributed by atoms with E-state index in [-0.39, 0.29) is 30.7 Å². The SMILES string of the molecule is O=C(Nc1ccc(N2CCOCC2=O)cc1)[C@H]1Cc2ccccc2CN1C(=O)Cc1ccc(Cl)cc1. The molecule has 1 saturated heterocycles. The molecule has 1 atom stereocenters. The van der Waals surface area contributed by atoms with E-state index in [2.05, 4.69) is 5.32 Å². The molecule has 0 aromatic heterocycles. The maximum absolute atomic E-state index is 13.4. The Bertz CT molecular complexity index is 1280. The highest BCUT2D eigenvalue weighted by atomic mass is 35.5. The summed E-state index contributed by atoms with van der Waals surface area (Å²) in [5, 5.41) is 3.57. The van der Waals surface area contributed by atoms with Crippen molar-refractivity contribution >= 4 is 40.7 Å². The summed E-state index contributed by atoms with van der Waals surface area (Å²) in [6.45, 7) is 1.43. The summed E-state index contributed by atoms with van der Waals surface area (Å²) < 4.78 is 5.19. The van der Waals surface area contributed by atoms with Gasteiger partial charge in [-0.05, 0) is 53.1 Å². The number of benzene rings is 3. The highest BCUT2D eigenvalue weighted by Gasteiger charge is 2.34. The van der Waals surface area contributed by atoms with Crippen LogP contribution in [0, 0.1) is 0 Å². The fraction of sp³-hybridized carbons (Fsp3) is 0.250. The molecule has 2 aliphatic heterocycles. The molecule has 8 heteroatoms. The molecule has 3 aromatic rings. The van der Waals surface area contributed by atoms with Crippen molar-refractivity contribution in [3.05, 3.63) is 94.5 Å². The Balaban J connectivity index is 1.33. The number of nitrogens with one attached hydrogen (secondary N) is 1. The van der Waals surface area contributed by atoms with Gasteiger partial charge in [-0.1, -0.05) is 48.0 Å². The predicted molar refractivity (Wildman–Crippen MR) is 138 cm³/mol. The lowest BCUT2D eigenvalue weighted by atomic mass is 9.92.